The number of piperazine rings is 1. The summed E-state index contributed by atoms with van der Waals surface area (Å²) in [5.41, 5.74) is 5.97. The van der Waals surface area contributed by atoms with E-state index in [9.17, 15) is 0 Å². The van der Waals surface area contributed by atoms with Gasteiger partial charge in [0.25, 0.3) is 0 Å². The Hall–Kier alpha value is -0.160. The summed E-state index contributed by atoms with van der Waals surface area (Å²) < 4.78 is 0. The summed E-state index contributed by atoms with van der Waals surface area (Å²) in [6.07, 6.45) is 4.84. The Bertz CT molecular complexity index is 212. The van der Waals surface area contributed by atoms with Gasteiger partial charge in [-0.25, -0.2) is 0 Å². The zero-order valence-corrected chi connectivity index (χ0v) is 10.1. The highest BCUT2D eigenvalue weighted by Gasteiger charge is 2.29. The van der Waals surface area contributed by atoms with Crippen molar-refractivity contribution in [3.63, 3.8) is 0 Å². The zero-order chi connectivity index (χ0) is 11.4. The van der Waals surface area contributed by atoms with Gasteiger partial charge in [-0.3, -0.25) is 9.80 Å². The van der Waals surface area contributed by atoms with Crippen molar-refractivity contribution in [3.8, 4) is 0 Å². The van der Waals surface area contributed by atoms with Gasteiger partial charge in [0.2, 0.25) is 0 Å². The van der Waals surface area contributed by atoms with Crippen LogP contribution in [0, 0.1) is 0 Å². The van der Waals surface area contributed by atoms with Gasteiger partial charge >= 0.3 is 0 Å². The fraction of sp³-hybridized carbons (Fsp3) is 1.00. The number of rotatable bonds is 4. The molecule has 0 radical (unpaired) electrons. The van der Waals surface area contributed by atoms with Crippen LogP contribution in [0.25, 0.3) is 0 Å². The van der Waals surface area contributed by atoms with Gasteiger partial charge in [-0.15, -0.1) is 0 Å². The van der Waals surface area contributed by atoms with Gasteiger partial charge < -0.3 is 10.8 Å². The lowest BCUT2D eigenvalue weighted by molar-refractivity contribution is 0.0455. The first-order valence-corrected chi connectivity index (χ1v) is 6.62. The van der Waals surface area contributed by atoms with Crippen LogP contribution in [-0.2, 0) is 0 Å². The first kappa shape index (κ1) is 12.3. The van der Waals surface area contributed by atoms with E-state index in [2.05, 4.69) is 9.80 Å². The highest BCUT2D eigenvalue weighted by molar-refractivity contribution is 4.86. The number of fused-ring (bicyclic) bond motifs is 1. The monoisotopic (exact) mass is 227 g/mol. The summed E-state index contributed by atoms with van der Waals surface area (Å²) in [5, 5.41) is 8.85. The molecule has 2 atom stereocenters. The van der Waals surface area contributed by atoms with Crippen LogP contribution in [-0.4, -0.2) is 66.3 Å². The number of hydrogen-bond acceptors (Lipinski definition) is 4. The molecular formula is C12H25N3O. The van der Waals surface area contributed by atoms with Crippen molar-refractivity contribution in [1.82, 2.24) is 9.80 Å². The molecule has 0 saturated carbocycles. The van der Waals surface area contributed by atoms with E-state index in [0.717, 1.165) is 25.6 Å². The van der Waals surface area contributed by atoms with Crippen molar-refractivity contribution in [1.29, 1.82) is 0 Å². The van der Waals surface area contributed by atoms with Crippen molar-refractivity contribution < 1.29 is 5.11 Å². The number of aliphatic hydroxyl groups excluding tert-OH is 1. The molecule has 2 heterocycles. The third-order valence-electron chi connectivity index (χ3n) is 3.91. The largest absolute Gasteiger partial charge is 0.396 e. The van der Waals surface area contributed by atoms with E-state index in [0.29, 0.717) is 0 Å². The van der Waals surface area contributed by atoms with Gasteiger partial charge in [-0.1, -0.05) is 6.42 Å². The molecule has 94 valence electrons. The molecule has 2 aliphatic heterocycles. The smallest absolute Gasteiger partial charge is 0.0446 e. The second kappa shape index (κ2) is 5.96. The van der Waals surface area contributed by atoms with Gasteiger partial charge in [-0.05, 0) is 25.8 Å². The lowest BCUT2D eigenvalue weighted by Gasteiger charge is -2.44. The van der Waals surface area contributed by atoms with Crippen molar-refractivity contribution >= 4 is 0 Å². The topological polar surface area (TPSA) is 52.7 Å². The van der Waals surface area contributed by atoms with Gasteiger partial charge in [0.1, 0.15) is 0 Å². The number of hydrogen-bond donors (Lipinski definition) is 2. The normalized spacial score (nSPS) is 30.0. The van der Waals surface area contributed by atoms with Gasteiger partial charge in [0.15, 0.2) is 0 Å². The minimum Gasteiger partial charge on any atom is -0.396 e. The Morgan fingerprint density at radius 3 is 2.94 bits per heavy atom. The molecule has 2 aliphatic rings. The van der Waals surface area contributed by atoms with Crippen molar-refractivity contribution in [2.75, 3.05) is 39.3 Å². The fourth-order valence-electron chi connectivity index (χ4n) is 2.97. The third-order valence-corrected chi connectivity index (χ3v) is 3.91. The Kier molecular flexibility index (Phi) is 4.58. The minimum atomic E-state index is 0.139. The Morgan fingerprint density at radius 2 is 2.12 bits per heavy atom. The average molecular weight is 227 g/mol. The maximum atomic E-state index is 8.85. The molecule has 4 heteroatoms. The second-order valence-corrected chi connectivity index (χ2v) is 5.22. The molecule has 4 nitrogen and oxygen atoms in total. The van der Waals surface area contributed by atoms with E-state index in [-0.39, 0.29) is 12.6 Å². The zero-order valence-electron chi connectivity index (χ0n) is 10.1. The molecule has 16 heavy (non-hydrogen) atoms. The quantitative estimate of drug-likeness (QED) is 0.702. The summed E-state index contributed by atoms with van der Waals surface area (Å²) in [6, 6.07) is 0.906. The van der Waals surface area contributed by atoms with E-state index < -0.39 is 0 Å². The lowest BCUT2D eigenvalue weighted by Crippen LogP contribution is -2.56. The van der Waals surface area contributed by atoms with Gasteiger partial charge in [-0.2, -0.15) is 0 Å². The minimum absolute atomic E-state index is 0.139. The maximum Gasteiger partial charge on any atom is 0.0446 e. The molecule has 2 saturated heterocycles. The average Bonchev–Trinajstić information content (AvgIpc) is 2.29. The summed E-state index contributed by atoms with van der Waals surface area (Å²) in [5.74, 6) is 0. The van der Waals surface area contributed by atoms with Crippen LogP contribution in [0.15, 0.2) is 0 Å². The number of aliphatic hydroxyl groups is 1. The van der Waals surface area contributed by atoms with Crippen LogP contribution >= 0.6 is 0 Å². The summed E-state index contributed by atoms with van der Waals surface area (Å²) >= 11 is 0. The molecule has 0 aromatic carbocycles. The highest BCUT2D eigenvalue weighted by atomic mass is 16.3. The Labute approximate surface area is 98.4 Å². The molecule has 0 spiro atoms. The summed E-state index contributed by atoms with van der Waals surface area (Å²) in [6.45, 7) is 5.99. The number of piperidine rings is 1. The van der Waals surface area contributed by atoms with Crippen molar-refractivity contribution in [2.24, 2.45) is 5.73 Å². The first-order valence-electron chi connectivity index (χ1n) is 6.62. The van der Waals surface area contributed by atoms with Crippen molar-refractivity contribution in [3.05, 3.63) is 0 Å². The summed E-state index contributed by atoms with van der Waals surface area (Å²) in [7, 11) is 0. The third kappa shape index (κ3) is 3.17. The molecule has 0 aromatic rings. The van der Waals surface area contributed by atoms with Crippen molar-refractivity contribution in [2.45, 2.75) is 37.8 Å². The molecule has 0 bridgehead atoms. The van der Waals surface area contributed by atoms with E-state index in [1.54, 1.807) is 0 Å². The second-order valence-electron chi connectivity index (χ2n) is 5.22. The SMILES string of the molecule is NC(CCO)CN1CCN2CCCCC2C1. The van der Waals surface area contributed by atoms with E-state index in [4.69, 9.17) is 10.8 Å². The molecule has 0 amide bonds. The number of nitrogens with zero attached hydrogens (tertiary/aromatic N) is 2. The highest BCUT2D eigenvalue weighted by Crippen LogP contribution is 2.20. The van der Waals surface area contributed by atoms with Crippen LogP contribution in [0.3, 0.4) is 0 Å². The molecule has 0 aromatic heterocycles. The fourth-order valence-corrected chi connectivity index (χ4v) is 2.97. The molecule has 0 aliphatic carbocycles. The predicted octanol–water partition coefficient (Wildman–Crippen LogP) is -0.134. The van der Waals surface area contributed by atoms with Gasteiger partial charge in [0.05, 0.1) is 0 Å². The van der Waals surface area contributed by atoms with Crippen LogP contribution < -0.4 is 5.73 Å². The van der Waals surface area contributed by atoms with E-state index >= 15 is 0 Å². The standard InChI is InChI=1S/C12H25N3O/c13-11(4-8-16)9-14-6-7-15-5-2-1-3-12(15)10-14/h11-12,16H,1-10,13H2. The summed E-state index contributed by atoms with van der Waals surface area (Å²) in [4.78, 5) is 5.12. The van der Waals surface area contributed by atoms with E-state index in [1.807, 2.05) is 0 Å². The Balaban J connectivity index is 1.76. The molecule has 2 fully saturated rings. The lowest BCUT2D eigenvalue weighted by atomic mass is 9.99. The Morgan fingerprint density at radius 1 is 1.25 bits per heavy atom. The predicted molar refractivity (Wildman–Crippen MR) is 65.3 cm³/mol. The maximum absolute atomic E-state index is 8.85. The first-order chi connectivity index (χ1) is 7.79. The van der Waals surface area contributed by atoms with Crippen LogP contribution in [0.5, 0.6) is 0 Å². The van der Waals surface area contributed by atoms with Crippen LogP contribution in [0.1, 0.15) is 25.7 Å². The van der Waals surface area contributed by atoms with E-state index in [1.165, 1.54) is 38.9 Å². The molecule has 2 rings (SSSR count). The van der Waals surface area contributed by atoms with Crippen LogP contribution in [0.4, 0.5) is 0 Å². The molecule has 2 unspecified atom stereocenters. The molecular weight excluding hydrogens is 202 g/mol. The van der Waals surface area contributed by atoms with Crippen LogP contribution in [0.2, 0.25) is 0 Å². The van der Waals surface area contributed by atoms with Gasteiger partial charge in [0, 0.05) is 44.9 Å². The number of nitrogens with two attached hydrogens (primary N) is 1. The molecule has 3 N–H and O–H groups in total.